The fourth-order valence-corrected chi connectivity index (χ4v) is 1.75. The number of benzene rings is 1. The van der Waals surface area contributed by atoms with E-state index in [1.807, 2.05) is 0 Å². The number of hydrogen-bond acceptors (Lipinski definition) is 3. The van der Waals surface area contributed by atoms with E-state index in [0.29, 0.717) is 17.2 Å². The van der Waals surface area contributed by atoms with Crippen molar-refractivity contribution in [2.45, 2.75) is 19.8 Å². The van der Waals surface area contributed by atoms with Gasteiger partial charge in [-0.05, 0) is 30.7 Å². The third-order valence-corrected chi connectivity index (χ3v) is 2.74. The summed E-state index contributed by atoms with van der Waals surface area (Å²) in [6, 6.07) is 7.11. The van der Waals surface area contributed by atoms with Crippen LogP contribution in [0.5, 0.6) is 5.75 Å². The van der Waals surface area contributed by atoms with Gasteiger partial charge in [0.25, 0.3) is 5.91 Å². The van der Waals surface area contributed by atoms with Gasteiger partial charge in [0.15, 0.2) is 0 Å². The van der Waals surface area contributed by atoms with Crippen LogP contribution >= 0.6 is 12.2 Å². The fraction of sp³-hybridized carbons (Fsp3) is 0.429. The molecule has 1 aromatic carbocycles. The van der Waals surface area contributed by atoms with Crippen LogP contribution in [0, 0.1) is 0 Å². The number of carbonyl (C=O) groups excluding carboxylic acids is 1. The Labute approximate surface area is 119 Å². The largest absolute Gasteiger partial charge is 0.494 e. The highest BCUT2D eigenvalue weighted by Crippen LogP contribution is 2.13. The van der Waals surface area contributed by atoms with Crippen LogP contribution in [-0.4, -0.2) is 36.0 Å². The topological polar surface area (TPSA) is 55.6 Å². The number of ether oxygens (including phenoxy) is 1. The number of nitrogens with two attached hydrogens (primary N) is 1. The van der Waals surface area contributed by atoms with Gasteiger partial charge in [0.1, 0.15) is 5.75 Å². The van der Waals surface area contributed by atoms with Gasteiger partial charge in [-0.2, -0.15) is 0 Å². The van der Waals surface area contributed by atoms with E-state index in [0.717, 1.165) is 18.6 Å². The lowest BCUT2D eigenvalue weighted by Crippen LogP contribution is -2.34. The van der Waals surface area contributed by atoms with E-state index in [2.05, 4.69) is 6.92 Å². The van der Waals surface area contributed by atoms with E-state index in [1.54, 1.807) is 31.3 Å². The summed E-state index contributed by atoms with van der Waals surface area (Å²) in [7, 11) is 1.67. The summed E-state index contributed by atoms with van der Waals surface area (Å²) in [5.74, 6) is 0.676. The summed E-state index contributed by atoms with van der Waals surface area (Å²) >= 11 is 4.78. The zero-order valence-corrected chi connectivity index (χ0v) is 12.2. The molecule has 0 fully saturated rings. The lowest BCUT2D eigenvalue weighted by molar-refractivity contribution is 0.0815. The van der Waals surface area contributed by atoms with Crippen molar-refractivity contribution < 1.29 is 9.53 Å². The molecule has 1 amide bonds. The number of unbranched alkanes of at least 4 members (excludes halogenated alkanes) is 1. The quantitative estimate of drug-likeness (QED) is 0.614. The Kier molecular flexibility index (Phi) is 6.29. The molecule has 0 heterocycles. The lowest BCUT2D eigenvalue weighted by atomic mass is 10.2. The minimum atomic E-state index is -0.104. The van der Waals surface area contributed by atoms with Crippen LogP contribution in [0.25, 0.3) is 0 Å². The van der Waals surface area contributed by atoms with Gasteiger partial charge >= 0.3 is 0 Å². The monoisotopic (exact) mass is 280 g/mol. The molecule has 2 N–H and O–H groups in total. The normalized spacial score (nSPS) is 10.0. The molecule has 0 aromatic heterocycles. The molecule has 0 aliphatic carbocycles. The van der Waals surface area contributed by atoms with E-state index in [-0.39, 0.29) is 12.5 Å². The van der Waals surface area contributed by atoms with E-state index in [1.165, 1.54) is 4.90 Å². The molecular weight excluding hydrogens is 260 g/mol. The molecule has 0 unspecified atom stereocenters. The molecule has 5 heteroatoms. The summed E-state index contributed by atoms with van der Waals surface area (Å²) in [4.78, 5) is 13.8. The van der Waals surface area contributed by atoms with Crippen molar-refractivity contribution in [1.82, 2.24) is 4.90 Å². The first-order valence-electron chi connectivity index (χ1n) is 6.31. The van der Waals surface area contributed by atoms with Crippen molar-refractivity contribution >= 4 is 23.1 Å². The number of hydrogen-bond donors (Lipinski definition) is 1. The first-order chi connectivity index (χ1) is 9.04. The van der Waals surface area contributed by atoms with Crippen LogP contribution in [0.15, 0.2) is 24.3 Å². The summed E-state index contributed by atoms with van der Waals surface area (Å²) < 4.78 is 5.54. The molecule has 0 spiro atoms. The molecule has 0 aliphatic heterocycles. The molecule has 0 saturated carbocycles. The Balaban J connectivity index is 2.60. The number of nitrogens with zero attached hydrogens (tertiary/aromatic N) is 1. The van der Waals surface area contributed by atoms with E-state index >= 15 is 0 Å². The van der Waals surface area contributed by atoms with E-state index in [4.69, 9.17) is 22.7 Å². The SMILES string of the molecule is CCCCOc1ccc(C(=O)N(C)CC(N)=S)cc1. The summed E-state index contributed by atoms with van der Waals surface area (Å²) in [5, 5.41) is 0. The number of amides is 1. The van der Waals surface area contributed by atoms with Gasteiger partial charge in [-0.3, -0.25) is 4.79 Å². The van der Waals surface area contributed by atoms with Gasteiger partial charge in [-0.15, -0.1) is 0 Å². The second-order valence-electron chi connectivity index (χ2n) is 4.35. The summed E-state index contributed by atoms with van der Waals surface area (Å²) in [5.41, 5.74) is 6.02. The Bertz CT molecular complexity index is 432. The number of likely N-dealkylation sites (N-methyl/N-ethyl adjacent to an activating group) is 1. The molecule has 0 aliphatic rings. The molecule has 0 bridgehead atoms. The highest BCUT2D eigenvalue weighted by atomic mass is 32.1. The number of rotatable bonds is 7. The van der Waals surface area contributed by atoms with E-state index in [9.17, 15) is 4.79 Å². The van der Waals surface area contributed by atoms with Crippen LogP contribution in [0.1, 0.15) is 30.1 Å². The van der Waals surface area contributed by atoms with Crippen molar-refractivity contribution in [2.75, 3.05) is 20.2 Å². The van der Waals surface area contributed by atoms with Gasteiger partial charge in [-0.25, -0.2) is 0 Å². The van der Waals surface area contributed by atoms with Crippen molar-refractivity contribution in [1.29, 1.82) is 0 Å². The maximum absolute atomic E-state index is 12.0. The highest BCUT2D eigenvalue weighted by Gasteiger charge is 2.12. The van der Waals surface area contributed by atoms with Crippen LogP contribution in [0.2, 0.25) is 0 Å². The van der Waals surface area contributed by atoms with Crippen LogP contribution < -0.4 is 10.5 Å². The molecule has 0 atom stereocenters. The zero-order chi connectivity index (χ0) is 14.3. The van der Waals surface area contributed by atoms with Gasteiger partial charge in [0, 0.05) is 12.6 Å². The van der Waals surface area contributed by atoms with Crippen molar-refractivity contribution in [3.05, 3.63) is 29.8 Å². The van der Waals surface area contributed by atoms with Crippen LogP contribution in [0.4, 0.5) is 0 Å². The zero-order valence-electron chi connectivity index (χ0n) is 11.4. The predicted molar refractivity (Wildman–Crippen MR) is 80.6 cm³/mol. The molecular formula is C14H20N2O2S. The number of carbonyl (C=O) groups is 1. The van der Waals surface area contributed by atoms with Gasteiger partial charge in [0.05, 0.1) is 18.1 Å². The Morgan fingerprint density at radius 3 is 2.53 bits per heavy atom. The first-order valence-corrected chi connectivity index (χ1v) is 6.72. The van der Waals surface area contributed by atoms with Gasteiger partial charge in [0.2, 0.25) is 0 Å². The Morgan fingerprint density at radius 2 is 2.00 bits per heavy atom. The second-order valence-corrected chi connectivity index (χ2v) is 4.88. The maximum Gasteiger partial charge on any atom is 0.253 e. The fourth-order valence-electron chi connectivity index (χ4n) is 1.55. The molecule has 0 saturated heterocycles. The summed E-state index contributed by atoms with van der Waals surface area (Å²) in [6.07, 6.45) is 2.12. The predicted octanol–water partition coefficient (Wildman–Crippen LogP) is 2.22. The first kappa shape index (κ1) is 15.4. The average Bonchev–Trinajstić information content (AvgIpc) is 2.38. The van der Waals surface area contributed by atoms with Crippen molar-refractivity contribution in [3.63, 3.8) is 0 Å². The molecule has 0 radical (unpaired) electrons. The van der Waals surface area contributed by atoms with Crippen molar-refractivity contribution in [2.24, 2.45) is 5.73 Å². The minimum Gasteiger partial charge on any atom is -0.494 e. The maximum atomic E-state index is 12.0. The third-order valence-electron chi connectivity index (χ3n) is 2.61. The molecule has 19 heavy (non-hydrogen) atoms. The van der Waals surface area contributed by atoms with Gasteiger partial charge < -0.3 is 15.4 Å². The molecule has 1 aromatic rings. The molecule has 4 nitrogen and oxygen atoms in total. The number of thiocarbonyl (C=S) groups is 1. The van der Waals surface area contributed by atoms with Crippen LogP contribution in [0.3, 0.4) is 0 Å². The Morgan fingerprint density at radius 1 is 1.37 bits per heavy atom. The lowest BCUT2D eigenvalue weighted by Gasteiger charge is -2.16. The van der Waals surface area contributed by atoms with Gasteiger partial charge in [-0.1, -0.05) is 25.6 Å². The smallest absolute Gasteiger partial charge is 0.253 e. The van der Waals surface area contributed by atoms with Crippen molar-refractivity contribution in [3.8, 4) is 5.75 Å². The molecule has 1 rings (SSSR count). The molecule has 104 valence electrons. The standard InChI is InChI=1S/C14H20N2O2S/c1-3-4-9-18-12-7-5-11(6-8-12)14(17)16(2)10-13(15)19/h5-8H,3-4,9-10H2,1-2H3,(H2,15,19). The Hall–Kier alpha value is -1.62. The van der Waals surface area contributed by atoms with Crippen LogP contribution in [-0.2, 0) is 0 Å². The second kappa shape index (κ2) is 7.74. The summed E-state index contributed by atoms with van der Waals surface area (Å²) in [6.45, 7) is 3.09. The third kappa shape index (κ3) is 5.26. The average molecular weight is 280 g/mol. The highest BCUT2D eigenvalue weighted by molar-refractivity contribution is 7.80. The minimum absolute atomic E-state index is 0.104. The van der Waals surface area contributed by atoms with E-state index < -0.39 is 0 Å².